The molecule has 8 nitrogen and oxygen atoms in total. The lowest BCUT2D eigenvalue weighted by Gasteiger charge is -2.22. The number of rotatable bonds is 4. The summed E-state index contributed by atoms with van der Waals surface area (Å²) >= 11 is 0. The summed E-state index contributed by atoms with van der Waals surface area (Å²) in [7, 11) is 3.32. The number of hydrogen-bond donors (Lipinski definition) is 2. The van der Waals surface area contributed by atoms with E-state index in [9.17, 15) is 10.1 Å². The van der Waals surface area contributed by atoms with Crippen molar-refractivity contribution in [3.05, 3.63) is 58.1 Å². The Hall–Kier alpha value is -3.29. The van der Waals surface area contributed by atoms with Crippen molar-refractivity contribution in [3.63, 3.8) is 0 Å². The van der Waals surface area contributed by atoms with Crippen LogP contribution in [0.3, 0.4) is 0 Å². The van der Waals surface area contributed by atoms with E-state index in [2.05, 4.69) is 5.10 Å². The van der Waals surface area contributed by atoms with Crippen molar-refractivity contribution in [2.75, 3.05) is 24.8 Å². The molecule has 0 aromatic heterocycles. The fourth-order valence-electron chi connectivity index (χ4n) is 2.12. The highest BCUT2D eigenvalue weighted by Gasteiger charge is 2.18. The van der Waals surface area contributed by atoms with E-state index in [1.165, 1.54) is 18.2 Å². The van der Waals surface area contributed by atoms with E-state index >= 15 is 0 Å². The highest BCUT2D eigenvalue weighted by molar-refractivity contribution is 6.12. The number of ether oxygens (including phenoxy) is 1. The fraction of sp³-hybridized carbons (Fsp3) is 0.235. The van der Waals surface area contributed by atoms with E-state index in [0.717, 1.165) is 5.69 Å². The van der Waals surface area contributed by atoms with Crippen molar-refractivity contribution in [1.29, 1.82) is 0 Å². The van der Waals surface area contributed by atoms with Crippen LogP contribution in [0, 0.1) is 10.1 Å². The van der Waals surface area contributed by atoms with Crippen LogP contribution in [0.25, 0.3) is 0 Å². The van der Waals surface area contributed by atoms with E-state index in [0.29, 0.717) is 22.8 Å². The Kier molecular flexibility index (Phi) is 7.20. The molecular formula is C17H23N5O3. The first-order valence-electron chi connectivity index (χ1n) is 7.68. The molecule has 0 saturated carbocycles. The molecule has 0 aliphatic rings. The van der Waals surface area contributed by atoms with Gasteiger partial charge in [0.25, 0.3) is 5.69 Å². The number of nitrogen functional groups attached to an aromatic ring is 1. The minimum Gasteiger partial charge on any atom is -0.497 e. The molecule has 0 heterocycles. The van der Waals surface area contributed by atoms with Gasteiger partial charge in [-0.25, -0.2) is 0 Å². The molecule has 4 N–H and O–H groups in total. The predicted molar refractivity (Wildman–Crippen MR) is 101 cm³/mol. The second kappa shape index (κ2) is 9.11. The Labute approximate surface area is 146 Å². The largest absolute Gasteiger partial charge is 0.497 e. The minimum absolute atomic E-state index is 0.0847. The van der Waals surface area contributed by atoms with Crippen LogP contribution in [0.15, 0.2) is 47.6 Å². The van der Waals surface area contributed by atoms with E-state index in [1.54, 1.807) is 31.2 Å². The van der Waals surface area contributed by atoms with Gasteiger partial charge in [0.05, 0.1) is 12.0 Å². The monoisotopic (exact) mass is 345 g/mol. The van der Waals surface area contributed by atoms with E-state index in [1.807, 2.05) is 26.0 Å². The summed E-state index contributed by atoms with van der Waals surface area (Å²) in [6, 6.07) is 11.4. The number of nitrogens with zero attached hydrogens (tertiary/aromatic N) is 3. The summed E-state index contributed by atoms with van der Waals surface area (Å²) in [5.74, 6) is 6.52. The molecule has 0 spiro atoms. The van der Waals surface area contributed by atoms with E-state index < -0.39 is 4.92 Å². The van der Waals surface area contributed by atoms with E-state index in [-0.39, 0.29) is 5.69 Å². The van der Waals surface area contributed by atoms with Crippen LogP contribution in [0.2, 0.25) is 0 Å². The first-order chi connectivity index (χ1) is 12.0. The molecule has 2 aromatic rings. The summed E-state index contributed by atoms with van der Waals surface area (Å²) in [4.78, 5) is 12.1. The van der Waals surface area contributed by atoms with E-state index in [4.69, 9.17) is 16.3 Å². The quantitative estimate of drug-likeness (QED) is 0.219. The van der Waals surface area contributed by atoms with Gasteiger partial charge in [-0.05, 0) is 30.3 Å². The fourth-order valence-corrected chi connectivity index (χ4v) is 2.12. The van der Waals surface area contributed by atoms with Gasteiger partial charge in [0.2, 0.25) is 0 Å². The van der Waals surface area contributed by atoms with Crippen molar-refractivity contribution in [3.8, 4) is 5.75 Å². The van der Waals surface area contributed by atoms with Crippen LogP contribution in [0.1, 0.15) is 19.4 Å². The second-order valence-electron chi connectivity index (χ2n) is 4.74. The van der Waals surface area contributed by atoms with Gasteiger partial charge in [-0.2, -0.15) is 5.10 Å². The van der Waals surface area contributed by atoms with Crippen LogP contribution in [-0.2, 0) is 0 Å². The van der Waals surface area contributed by atoms with Crippen molar-refractivity contribution >= 4 is 22.9 Å². The highest BCUT2D eigenvalue weighted by Crippen LogP contribution is 2.25. The number of nitro groups is 1. The van der Waals surface area contributed by atoms with Gasteiger partial charge in [0, 0.05) is 36.1 Å². The Bertz CT molecular complexity index is 744. The lowest BCUT2D eigenvalue weighted by atomic mass is 10.1. The van der Waals surface area contributed by atoms with Crippen LogP contribution in [-0.4, -0.2) is 24.9 Å². The molecule has 0 aliphatic carbocycles. The van der Waals surface area contributed by atoms with Gasteiger partial charge >= 0.3 is 0 Å². The predicted octanol–water partition coefficient (Wildman–Crippen LogP) is 2.97. The lowest BCUT2D eigenvalue weighted by Crippen LogP contribution is -2.29. The third-order valence-electron chi connectivity index (χ3n) is 3.39. The van der Waals surface area contributed by atoms with Gasteiger partial charge in [-0.3, -0.25) is 10.1 Å². The first kappa shape index (κ1) is 19.8. The maximum absolute atomic E-state index is 11.0. The number of benzene rings is 2. The maximum Gasteiger partial charge on any atom is 0.270 e. The Morgan fingerprint density at radius 1 is 1.20 bits per heavy atom. The Morgan fingerprint density at radius 2 is 1.80 bits per heavy atom. The smallest absolute Gasteiger partial charge is 0.270 e. The molecule has 0 saturated heterocycles. The standard InChI is InChI=1S/C15H17N5O3.C2H6/c1-19(10-3-6-12(23-2)7-4-10)15(18-17)13-9-11(20(21)22)5-8-14(13)16;1-2/h3-9H,16-17H2,1-2H3;1-2H3/b18-15+;. The normalized spacial score (nSPS) is 10.5. The number of anilines is 2. The van der Waals surface area contributed by atoms with Gasteiger partial charge in [-0.1, -0.05) is 13.8 Å². The lowest BCUT2D eigenvalue weighted by molar-refractivity contribution is -0.384. The molecule has 8 heteroatoms. The highest BCUT2D eigenvalue weighted by atomic mass is 16.6. The second-order valence-corrected chi connectivity index (χ2v) is 4.74. The number of amidine groups is 1. The van der Waals surface area contributed by atoms with Gasteiger partial charge in [0.15, 0.2) is 5.84 Å². The number of methoxy groups -OCH3 is 1. The molecule has 0 radical (unpaired) electrons. The zero-order chi connectivity index (χ0) is 19.0. The summed E-state index contributed by atoms with van der Waals surface area (Å²) in [5, 5.41) is 14.7. The van der Waals surface area contributed by atoms with Crippen molar-refractivity contribution in [2.24, 2.45) is 10.9 Å². The molecule has 0 fully saturated rings. The summed E-state index contributed by atoms with van der Waals surface area (Å²) in [6.45, 7) is 4.00. The molecule has 25 heavy (non-hydrogen) atoms. The molecule has 2 rings (SSSR count). The van der Waals surface area contributed by atoms with Crippen molar-refractivity contribution in [2.45, 2.75) is 13.8 Å². The molecule has 0 atom stereocenters. The zero-order valence-corrected chi connectivity index (χ0v) is 14.8. The number of hydrogen-bond acceptors (Lipinski definition) is 6. The zero-order valence-electron chi connectivity index (χ0n) is 14.8. The third kappa shape index (κ3) is 4.60. The molecular weight excluding hydrogens is 322 g/mol. The molecule has 0 amide bonds. The van der Waals surface area contributed by atoms with Crippen LogP contribution < -0.4 is 21.2 Å². The number of nitrogens with two attached hydrogens (primary N) is 2. The molecule has 2 aromatic carbocycles. The first-order valence-corrected chi connectivity index (χ1v) is 7.68. The summed E-state index contributed by atoms with van der Waals surface area (Å²) in [6.07, 6.45) is 0. The average molecular weight is 345 g/mol. The SMILES string of the molecule is CC.COc1ccc(N(C)/C(=N/N)c2cc([N+](=O)[O-])ccc2N)cc1. The third-order valence-corrected chi connectivity index (χ3v) is 3.39. The van der Waals surface area contributed by atoms with Crippen molar-refractivity contribution < 1.29 is 9.66 Å². The molecule has 0 unspecified atom stereocenters. The Morgan fingerprint density at radius 3 is 2.28 bits per heavy atom. The summed E-state index contributed by atoms with van der Waals surface area (Å²) in [5.41, 5.74) is 7.35. The Balaban J connectivity index is 0.00000151. The van der Waals surface area contributed by atoms with Crippen LogP contribution >= 0.6 is 0 Å². The maximum atomic E-state index is 11.0. The molecule has 0 bridgehead atoms. The van der Waals surface area contributed by atoms with Gasteiger partial charge < -0.3 is 21.2 Å². The van der Waals surface area contributed by atoms with Crippen LogP contribution in [0.5, 0.6) is 5.75 Å². The van der Waals surface area contributed by atoms with Gasteiger partial charge in [-0.15, -0.1) is 0 Å². The molecule has 134 valence electrons. The topological polar surface area (TPSA) is 120 Å². The number of nitro benzene ring substituents is 1. The molecule has 0 aliphatic heterocycles. The van der Waals surface area contributed by atoms with Gasteiger partial charge in [0.1, 0.15) is 5.75 Å². The number of hydrazone groups is 1. The minimum atomic E-state index is -0.496. The average Bonchev–Trinajstić information content (AvgIpc) is 2.65. The number of non-ortho nitro benzene ring substituents is 1. The van der Waals surface area contributed by atoms with Crippen molar-refractivity contribution in [1.82, 2.24) is 0 Å². The van der Waals surface area contributed by atoms with Crippen LogP contribution in [0.4, 0.5) is 17.1 Å². The summed E-state index contributed by atoms with van der Waals surface area (Å²) < 4.78 is 5.11.